The number of thioether (sulfide) groups is 2. The first-order valence-electron chi connectivity index (χ1n) is 5.78. The number of nitrogens with two attached hydrogens (primary N) is 1. The highest BCUT2D eigenvalue weighted by Gasteiger charge is 2.53. The van der Waals surface area contributed by atoms with Gasteiger partial charge in [-0.25, -0.2) is 4.79 Å². The predicted octanol–water partition coefficient (Wildman–Crippen LogP) is -1.18. The van der Waals surface area contributed by atoms with Crippen LogP contribution in [-0.4, -0.2) is 61.6 Å². The fraction of sp³-hybridized carbons (Fsp3) is 0.455. The molecule has 3 heterocycles. The molecule has 2 unspecified atom stereocenters. The van der Waals surface area contributed by atoms with Gasteiger partial charge in [-0.05, 0) is 5.57 Å². The summed E-state index contributed by atoms with van der Waals surface area (Å²) in [6, 6.07) is -0.704. The number of amides is 1. The summed E-state index contributed by atoms with van der Waals surface area (Å²) in [5, 5.41) is 8.16. The van der Waals surface area contributed by atoms with Crippen molar-refractivity contribution in [1.29, 1.82) is 0 Å². The maximum Gasteiger partial charge on any atom is 0.352 e. The molecule has 2 fully saturated rings. The van der Waals surface area contributed by atoms with E-state index in [4.69, 9.17) is 5.73 Å². The summed E-state index contributed by atoms with van der Waals surface area (Å²) in [7, 11) is 0. The zero-order chi connectivity index (χ0) is 14.6. The molecule has 1 amide bonds. The number of ketones is 2. The molecule has 3 N–H and O–H groups in total. The molecule has 9 heteroatoms. The molecule has 2 saturated heterocycles. The molecule has 3 rings (SSSR count). The van der Waals surface area contributed by atoms with Crippen LogP contribution < -0.4 is 5.73 Å². The summed E-state index contributed by atoms with van der Waals surface area (Å²) >= 11 is 2.44. The van der Waals surface area contributed by atoms with E-state index >= 15 is 0 Å². The number of nitrogens with zero attached hydrogens (tertiary/aromatic N) is 1. The third kappa shape index (κ3) is 1.73. The number of hydrogen-bond donors (Lipinski definition) is 2. The van der Waals surface area contributed by atoms with E-state index in [9.17, 15) is 24.3 Å². The largest absolute Gasteiger partial charge is 0.477 e. The van der Waals surface area contributed by atoms with Gasteiger partial charge in [-0.2, -0.15) is 0 Å². The van der Waals surface area contributed by atoms with Gasteiger partial charge in [0.25, 0.3) is 0 Å². The number of Topliss-reactive ketones (excluding diaryl/α,β-unsaturated/α-hetero) is 2. The Balaban J connectivity index is 2.03. The van der Waals surface area contributed by atoms with Gasteiger partial charge in [-0.1, -0.05) is 0 Å². The fourth-order valence-electron chi connectivity index (χ4n) is 2.45. The van der Waals surface area contributed by atoms with Crippen LogP contribution in [0.1, 0.15) is 0 Å². The lowest BCUT2D eigenvalue weighted by molar-refractivity contribution is -0.148. The van der Waals surface area contributed by atoms with Crippen LogP contribution in [0.15, 0.2) is 11.3 Å². The molecule has 3 atom stereocenters. The molecule has 7 nitrogen and oxygen atoms in total. The molecule has 106 valence electrons. The van der Waals surface area contributed by atoms with Crippen molar-refractivity contribution in [2.24, 2.45) is 5.73 Å². The lowest BCUT2D eigenvalue weighted by Crippen LogP contribution is -2.68. The minimum absolute atomic E-state index is 0.0570. The van der Waals surface area contributed by atoms with Gasteiger partial charge in [-0.15, -0.1) is 23.5 Å². The first kappa shape index (κ1) is 13.7. The van der Waals surface area contributed by atoms with Crippen LogP contribution in [0.5, 0.6) is 0 Å². The van der Waals surface area contributed by atoms with E-state index in [1.807, 2.05) is 0 Å². The molecule has 0 aromatic heterocycles. The average Bonchev–Trinajstić information content (AvgIpc) is 2.76. The summed E-state index contributed by atoms with van der Waals surface area (Å²) in [4.78, 5) is 47.4. The Labute approximate surface area is 121 Å². The van der Waals surface area contributed by atoms with Crippen LogP contribution in [0.25, 0.3) is 0 Å². The number of carboxylic acids is 1. The van der Waals surface area contributed by atoms with E-state index in [1.165, 1.54) is 11.8 Å². The molecule has 0 aromatic rings. The molecule has 0 aromatic carbocycles. The number of rotatable bonds is 2. The summed E-state index contributed by atoms with van der Waals surface area (Å²) in [5.41, 5.74) is 5.79. The third-order valence-corrected chi connectivity index (χ3v) is 6.04. The van der Waals surface area contributed by atoms with Gasteiger partial charge < -0.3 is 10.8 Å². The van der Waals surface area contributed by atoms with E-state index < -0.39 is 40.1 Å². The van der Waals surface area contributed by atoms with Gasteiger partial charge in [0, 0.05) is 5.75 Å². The second kappa shape index (κ2) is 4.61. The van der Waals surface area contributed by atoms with E-state index in [-0.39, 0.29) is 11.4 Å². The van der Waals surface area contributed by atoms with Crippen molar-refractivity contribution in [1.82, 2.24) is 4.90 Å². The van der Waals surface area contributed by atoms with Crippen molar-refractivity contribution < 1.29 is 24.3 Å². The van der Waals surface area contributed by atoms with Crippen molar-refractivity contribution in [3.63, 3.8) is 0 Å². The van der Waals surface area contributed by atoms with Gasteiger partial charge in [0.1, 0.15) is 17.1 Å². The van der Waals surface area contributed by atoms with Gasteiger partial charge in [0.15, 0.2) is 0 Å². The quantitative estimate of drug-likeness (QED) is 0.483. The van der Waals surface area contributed by atoms with Gasteiger partial charge >= 0.3 is 5.97 Å². The Morgan fingerprint density at radius 3 is 2.50 bits per heavy atom. The Hall–Kier alpha value is -1.32. The maximum absolute atomic E-state index is 11.8. The molecular formula is C11H10N2O5S2. The Morgan fingerprint density at radius 2 is 1.95 bits per heavy atom. The Bertz CT molecular complexity index is 587. The zero-order valence-corrected chi connectivity index (χ0v) is 11.7. The van der Waals surface area contributed by atoms with Crippen LogP contribution in [0.4, 0.5) is 0 Å². The second-order valence-electron chi connectivity index (χ2n) is 4.59. The lowest BCUT2D eigenvalue weighted by Gasteiger charge is -2.48. The molecule has 3 aliphatic rings. The van der Waals surface area contributed by atoms with Gasteiger partial charge in [0.05, 0.1) is 11.0 Å². The Kier molecular flexibility index (Phi) is 3.14. The second-order valence-corrected chi connectivity index (χ2v) is 6.79. The third-order valence-electron chi connectivity index (χ3n) is 3.45. The topological polar surface area (TPSA) is 118 Å². The molecule has 3 aliphatic heterocycles. The summed E-state index contributed by atoms with van der Waals surface area (Å²) in [6.45, 7) is 0. The van der Waals surface area contributed by atoms with E-state index in [1.54, 1.807) is 0 Å². The summed E-state index contributed by atoms with van der Waals surface area (Å²) in [6.07, 6.45) is 0. The minimum Gasteiger partial charge on any atom is -0.477 e. The maximum atomic E-state index is 11.8. The molecule has 0 aliphatic carbocycles. The van der Waals surface area contributed by atoms with Gasteiger partial charge in [-0.3, -0.25) is 19.3 Å². The fourth-order valence-corrected chi connectivity index (χ4v) is 5.03. The normalized spacial score (nSPS) is 33.4. The lowest BCUT2D eigenvalue weighted by atomic mass is 10.00. The highest BCUT2D eigenvalue weighted by molar-refractivity contribution is 8.03. The van der Waals surface area contributed by atoms with Crippen LogP contribution >= 0.6 is 23.5 Å². The van der Waals surface area contributed by atoms with Crippen molar-refractivity contribution in [3.8, 4) is 0 Å². The highest BCUT2D eigenvalue weighted by atomic mass is 32.2. The number of β-lactam (4-membered cyclic amide) rings is 1. The van der Waals surface area contributed by atoms with E-state index in [0.717, 1.165) is 16.7 Å². The molecule has 0 spiro atoms. The van der Waals surface area contributed by atoms with Crippen LogP contribution in [-0.2, 0) is 19.2 Å². The highest BCUT2D eigenvalue weighted by Crippen LogP contribution is 2.43. The first-order valence-corrected chi connectivity index (χ1v) is 7.88. The first-order chi connectivity index (χ1) is 9.43. The van der Waals surface area contributed by atoms with Crippen LogP contribution in [0, 0.1) is 0 Å². The standard InChI is InChI=1S/C11H10N2O5S2/c12-5-9(16)13-6(11(17)18)3(1-20-10(5)13)8-7(15)4(14)2-19-8/h5,8,10H,1-2,12H2,(H,17,18)/t5?,8?,10-/m0/s1. The van der Waals surface area contributed by atoms with Gasteiger partial charge in [0.2, 0.25) is 17.5 Å². The number of carboxylic acid groups (broad SMARTS) is 1. The van der Waals surface area contributed by atoms with Crippen LogP contribution in [0.2, 0.25) is 0 Å². The van der Waals surface area contributed by atoms with Crippen molar-refractivity contribution >= 4 is 47.0 Å². The minimum atomic E-state index is -1.27. The molecule has 0 saturated carbocycles. The molecular weight excluding hydrogens is 304 g/mol. The summed E-state index contributed by atoms with van der Waals surface area (Å²) < 4.78 is 0. The van der Waals surface area contributed by atoms with Crippen molar-refractivity contribution in [2.75, 3.05) is 11.5 Å². The Morgan fingerprint density at radius 1 is 1.25 bits per heavy atom. The molecule has 20 heavy (non-hydrogen) atoms. The SMILES string of the molecule is NC1C(=O)N2C(C(=O)O)=C(C3SCC(=O)C3=O)CS[C@@H]12. The van der Waals surface area contributed by atoms with Crippen molar-refractivity contribution in [2.45, 2.75) is 16.7 Å². The van der Waals surface area contributed by atoms with Crippen LogP contribution in [0.3, 0.4) is 0 Å². The number of carbonyl (C=O) groups is 4. The van der Waals surface area contributed by atoms with Crippen molar-refractivity contribution in [3.05, 3.63) is 11.3 Å². The number of fused-ring (bicyclic) bond motifs is 1. The van der Waals surface area contributed by atoms with E-state index in [0.29, 0.717) is 11.3 Å². The monoisotopic (exact) mass is 314 g/mol. The summed E-state index contributed by atoms with van der Waals surface area (Å²) in [5.74, 6) is -2.46. The molecule has 0 radical (unpaired) electrons. The zero-order valence-electron chi connectivity index (χ0n) is 10.1. The number of carbonyl (C=O) groups excluding carboxylic acids is 3. The smallest absolute Gasteiger partial charge is 0.352 e. The number of aliphatic carboxylic acids is 1. The predicted molar refractivity (Wildman–Crippen MR) is 72.0 cm³/mol. The average molecular weight is 314 g/mol. The molecule has 0 bridgehead atoms. The van der Waals surface area contributed by atoms with E-state index in [2.05, 4.69) is 0 Å². The number of hydrogen-bond acceptors (Lipinski definition) is 7.